The third kappa shape index (κ3) is 20.9. The molecular weight excluding hydrogens is 1990 g/mol. The molecule has 0 aliphatic rings. The maximum Gasteiger partial charge on any atom is 0.216 e. The van der Waals surface area contributed by atoms with E-state index in [-0.39, 0.29) is 116 Å². The second kappa shape index (κ2) is 40.0. The number of aromatic nitrogens is 9. The van der Waals surface area contributed by atoms with Crippen LogP contribution in [0.2, 0.25) is 0 Å². The van der Waals surface area contributed by atoms with Gasteiger partial charge in [-0.25, -0.2) is 15.0 Å². The summed E-state index contributed by atoms with van der Waals surface area (Å²) in [6.45, 7) is -30.8. The van der Waals surface area contributed by atoms with E-state index in [1.807, 2.05) is 60.7 Å². The molecule has 0 bridgehead atoms. The molecule has 0 amide bonds. The summed E-state index contributed by atoms with van der Waals surface area (Å²) < 4.78 is 365. The van der Waals surface area contributed by atoms with Crippen molar-refractivity contribution in [3.05, 3.63) is 339 Å². The number of hydrogen-bond donors (Lipinski definition) is 0. The first-order valence-electron chi connectivity index (χ1n) is 57.5. The molecule has 603 valence electrons. The monoisotopic (exact) mass is 2130 g/mol. The van der Waals surface area contributed by atoms with Crippen LogP contribution < -0.4 is 0 Å². The summed E-state index contributed by atoms with van der Waals surface area (Å²) >= 11 is 0. The zero-order valence-corrected chi connectivity index (χ0v) is 70.1. The topological polar surface area (TPSA) is 155 Å². The van der Waals surface area contributed by atoms with Gasteiger partial charge in [-0.2, -0.15) is 0 Å². The van der Waals surface area contributed by atoms with E-state index in [1.54, 1.807) is 101 Å². The Bertz CT molecular complexity index is 7790. The van der Waals surface area contributed by atoms with Crippen molar-refractivity contribution in [1.82, 2.24) is 44.9 Å². The predicted molar refractivity (Wildman–Crippen MR) is 470 cm³/mol. The molecule has 0 aliphatic carbocycles. The largest absolute Gasteiger partial charge is 0.486 e. The maximum absolute atomic E-state index is 8.57. The van der Waals surface area contributed by atoms with Crippen LogP contribution in [0.15, 0.2) is 226 Å². The molecule has 0 unspecified atom stereocenters. The van der Waals surface area contributed by atoms with Crippen LogP contribution in [-0.2, 0) is 60.3 Å². The molecule has 18 aromatic rings. The second-order valence-corrected chi connectivity index (χ2v) is 25.9. The first-order chi connectivity index (χ1) is 73.4. The van der Waals surface area contributed by atoms with Gasteiger partial charge in [0.1, 0.15) is 0 Å². The Labute approximate surface area is 797 Å². The average molecular weight is 2130 g/mol. The van der Waals surface area contributed by atoms with Crippen LogP contribution in [0, 0.1) is 126 Å². The fraction of sp³-hybridized carbons (Fsp3) is 0.214. The number of pyridine rings is 9. The van der Waals surface area contributed by atoms with Gasteiger partial charge in [-0.3, -0.25) is 0 Å². The van der Waals surface area contributed by atoms with Crippen molar-refractivity contribution in [3.8, 4) is 67.5 Å². The van der Waals surface area contributed by atoms with Crippen molar-refractivity contribution in [2.75, 3.05) is 0 Å². The van der Waals surface area contributed by atoms with Gasteiger partial charge in [0, 0.05) is 192 Å². The quantitative estimate of drug-likeness (QED) is 0.126. The second-order valence-electron chi connectivity index (χ2n) is 25.9. The van der Waals surface area contributed by atoms with Gasteiger partial charge >= 0.3 is 0 Å². The van der Waals surface area contributed by atoms with Gasteiger partial charge in [0.2, 0.25) is 17.1 Å². The summed E-state index contributed by atoms with van der Waals surface area (Å²) in [4.78, 5) is 38.0. The summed E-state index contributed by atoms with van der Waals surface area (Å²) in [6.07, 6.45) is 6.76. The molecule has 118 heavy (non-hydrogen) atoms. The third-order valence-corrected chi connectivity index (χ3v) is 17.7. The number of fused-ring (bicyclic) bond motifs is 9. The van der Waals surface area contributed by atoms with Gasteiger partial charge in [-0.05, 0) is 214 Å². The Hall–Kier alpha value is -11.0. The molecule has 6 aromatic carbocycles. The number of furan rings is 3. The first kappa shape index (κ1) is 46.4. The maximum atomic E-state index is 8.57. The van der Waals surface area contributed by atoms with E-state index in [4.69, 9.17) is 74.9 Å². The van der Waals surface area contributed by atoms with Crippen molar-refractivity contribution in [1.29, 1.82) is 0 Å². The number of benzene rings is 6. The van der Waals surface area contributed by atoms with Crippen LogP contribution in [0.25, 0.3) is 134 Å². The van der Waals surface area contributed by atoms with Crippen LogP contribution in [0.3, 0.4) is 0 Å². The Morgan fingerprint density at radius 2 is 0.653 bits per heavy atom. The molecule has 12 aromatic heterocycles. The first-order valence-corrected chi connectivity index (χ1v) is 35.0. The van der Waals surface area contributed by atoms with Gasteiger partial charge in [-0.15, -0.1) is 161 Å². The Morgan fingerprint density at radius 1 is 0.297 bits per heavy atom. The fourth-order valence-corrected chi connectivity index (χ4v) is 11.8. The van der Waals surface area contributed by atoms with Crippen molar-refractivity contribution >= 4 is 66.2 Å². The van der Waals surface area contributed by atoms with Gasteiger partial charge in [0.15, 0.2) is 0 Å². The molecule has 0 N–H and O–H groups in total. The molecule has 0 saturated carbocycles. The van der Waals surface area contributed by atoms with Gasteiger partial charge in [0.25, 0.3) is 0 Å². The minimum absolute atomic E-state index is 0. The van der Waals surface area contributed by atoms with Gasteiger partial charge in [0.05, 0.1) is 16.7 Å². The van der Waals surface area contributed by atoms with Crippen LogP contribution in [0.5, 0.6) is 0 Å². The molecule has 0 aliphatic heterocycles. The van der Waals surface area contributed by atoms with Crippen molar-refractivity contribution in [3.63, 3.8) is 0 Å². The molecular formula is C103H95Ir3N9O3-6. The SMILES string of the molecule is [2H]C([2H])([2H])c1c[c-]c(-c2cc(C)c(C([2H])([2H])[2H])cn2)cc1.[2H]C([2H])([2H])c1c[c-]c(-c2ccc(C([2H])([2H])[2H])cn2)cc1.[2H]C([2H])([2H])c1cnc(-c2[c-]ccc3c2oc2nc(C)ccc23)cc1C([2H])(C([2H])([2H])[2H])C([2H])([2H])[2H].[2H]C([2H])([2H])c1cnc(-c2[c-]ccc3c2oc2nc(C)ccc23)cc1C([2H])(C([2H])([2H])[2H])C([2H])([2H])[2H].[2H]C([2H])([2H])c1cnc(-c2[c-]ccc3c2oc2nc(C)ccc23)cc1C([2H])(C([2H])([2H])[2H])C([2H])([2H])[2H].[2H]C([2H])([2H])c1cnc(-c2[c-]cccc2)cc1C.[Ir].[Ir].[Ir]. The van der Waals surface area contributed by atoms with Gasteiger partial charge < -0.3 is 43.2 Å². The predicted octanol–water partition coefficient (Wildman–Crippen LogP) is 26.5. The van der Waals surface area contributed by atoms with E-state index < -0.39 is 147 Å². The van der Waals surface area contributed by atoms with Gasteiger partial charge in [-0.1, -0.05) is 141 Å². The summed E-state index contributed by atoms with van der Waals surface area (Å²) in [5.74, 6) is -9.66. The zero-order valence-electron chi connectivity index (χ0n) is 108. The molecule has 0 spiro atoms. The normalized spacial score (nSPS) is 18.3. The molecule has 12 heterocycles. The number of hydrogen-bond acceptors (Lipinski definition) is 12. The standard InChI is InChI=1S/3C21H19N2O.C14H14N.2C13H12N.3Ir/c3*1-12(2)18-10-19(22-11-13(18)3)17-7-5-6-15-16-9-8-14(4)23-21(16)24-20(15)17;1-10-4-6-13(7-5-10)14-8-11(2)12(3)9-15-14;1-10-3-6-12(7-4-10)13-8-5-11(2)9-14-13;1-10-8-13(14-9-11(10)2)12-6-4-3-5-7-12;;;/h3*5-6,8-12H,1-4H3;4-6,8-9H,1-3H3;2*3-6,8-9H,1-2H3;;;/q6*-1;;;/i3*1D3,2D3,3D3,12D;1D3,3D3;1D3,2D3;2D3;;;. The molecule has 15 heteroatoms. The summed E-state index contributed by atoms with van der Waals surface area (Å²) in [6, 6.07) is 64.8. The van der Waals surface area contributed by atoms with E-state index in [2.05, 4.69) is 81.3 Å². The zero-order chi connectivity index (χ0) is 119. The molecule has 12 nitrogen and oxygen atoms in total. The van der Waals surface area contributed by atoms with Crippen molar-refractivity contribution in [2.24, 2.45) is 0 Å². The van der Waals surface area contributed by atoms with Crippen LogP contribution in [0.1, 0.15) is 210 Å². The molecule has 3 radical (unpaired) electrons. The van der Waals surface area contributed by atoms with E-state index >= 15 is 0 Å². The van der Waals surface area contributed by atoms with Crippen molar-refractivity contribution in [2.45, 2.75) is 148 Å². The van der Waals surface area contributed by atoms with Crippen molar-refractivity contribution < 1.29 is 135 Å². The number of nitrogens with zero attached hydrogens (tertiary/aromatic N) is 9. The van der Waals surface area contributed by atoms with Crippen LogP contribution in [0.4, 0.5) is 0 Å². The Morgan fingerprint density at radius 3 is 0.975 bits per heavy atom. The Kier molecular flexibility index (Phi) is 15.7. The van der Waals surface area contributed by atoms with E-state index in [0.29, 0.717) is 83.7 Å². The molecule has 0 atom stereocenters. The summed E-state index contributed by atoms with van der Waals surface area (Å²) in [5.41, 5.74) is 7.59. The van der Waals surface area contributed by atoms with E-state index in [9.17, 15) is 0 Å². The smallest absolute Gasteiger partial charge is 0.216 e. The van der Waals surface area contributed by atoms with Crippen LogP contribution >= 0.6 is 0 Å². The third-order valence-electron chi connectivity index (χ3n) is 17.7. The summed E-state index contributed by atoms with van der Waals surface area (Å²) in [5, 5.41) is 4.16. The van der Waals surface area contributed by atoms with E-state index in [1.165, 1.54) is 48.9 Å². The number of aryl methyl sites for hydroxylation is 13. The summed E-state index contributed by atoms with van der Waals surface area (Å²) in [7, 11) is 0. The average Bonchev–Trinajstić information content (AvgIpc) is 1.53. The minimum atomic E-state index is -3.37. The Balaban J connectivity index is 0.000000201. The number of rotatable bonds is 9. The minimum Gasteiger partial charge on any atom is -0.486 e. The fourth-order valence-electron chi connectivity index (χ4n) is 11.8. The molecule has 0 saturated heterocycles. The molecule has 18 rings (SSSR count). The van der Waals surface area contributed by atoms with Crippen LogP contribution in [-0.4, -0.2) is 44.9 Å². The molecule has 0 fully saturated rings. The van der Waals surface area contributed by atoms with E-state index in [0.717, 1.165) is 86.9 Å².